The lowest BCUT2D eigenvalue weighted by Crippen LogP contribution is -2.03. The van der Waals surface area contributed by atoms with Crippen molar-refractivity contribution in [3.05, 3.63) is 86.2 Å². The molecule has 0 atom stereocenters. The number of hydrogen-bond donors (Lipinski definition) is 1. The van der Waals surface area contributed by atoms with Gasteiger partial charge in [0, 0.05) is 22.7 Å². The number of aryl methyl sites for hydroxylation is 3. The minimum absolute atomic E-state index is 0.381. The van der Waals surface area contributed by atoms with Crippen molar-refractivity contribution in [2.45, 2.75) is 20.8 Å². The highest BCUT2D eigenvalue weighted by Crippen LogP contribution is 2.27. The molecule has 0 bridgehead atoms. The van der Waals surface area contributed by atoms with E-state index >= 15 is 0 Å². The van der Waals surface area contributed by atoms with Crippen LogP contribution in [0.1, 0.15) is 21.7 Å². The Morgan fingerprint density at radius 3 is 2.63 bits per heavy atom. The number of benzene rings is 2. The van der Waals surface area contributed by atoms with Crippen molar-refractivity contribution < 1.29 is 4.42 Å². The Morgan fingerprint density at radius 1 is 1.17 bits per heavy atom. The van der Waals surface area contributed by atoms with E-state index in [1.54, 1.807) is 23.7 Å². The van der Waals surface area contributed by atoms with Crippen LogP contribution in [0.2, 0.25) is 0 Å². The molecule has 0 amide bonds. The van der Waals surface area contributed by atoms with Crippen molar-refractivity contribution in [2.24, 2.45) is 0 Å². The molecule has 148 valence electrons. The third-order valence-corrected chi connectivity index (χ3v) is 5.69. The molecule has 0 fully saturated rings. The number of anilines is 1. The average molecular weight is 414 g/mol. The van der Waals surface area contributed by atoms with E-state index in [0.29, 0.717) is 27.4 Å². The number of nitrogens with zero attached hydrogens (tertiary/aromatic N) is 2. The van der Waals surface area contributed by atoms with Crippen LogP contribution in [-0.2, 0) is 0 Å². The highest BCUT2D eigenvalue weighted by molar-refractivity contribution is 7.11. The van der Waals surface area contributed by atoms with Crippen LogP contribution in [0.4, 0.5) is 5.69 Å². The fourth-order valence-electron chi connectivity index (χ4n) is 3.46. The van der Waals surface area contributed by atoms with Gasteiger partial charge in [-0.3, -0.25) is 0 Å². The number of nitriles is 1. The van der Waals surface area contributed by atoms with Crippen LogP contribution in [0.15, 0.2) is 63.3 Å². The van der Waals surface area contributed by atoms with Gasteiger partial charge in [-0.2, -0.15) is 5.26 Å². The van der Waals surface area contributed by atoms with Crippen molar-refractivity contribution in [3.63, 3.8) is 0 Å². The minimum Gasteiger partial charge on any atom is -0.422 e. The van der Waals surface area contributed by atoms with Gasteiger partial charge in [-0.05, 0) is 44.0 Å². The molecule has 2 aromatic carbocycles. The number of para-hydroxylation sites is 1. The van der Waals surface area contributed by atoms with Crippen LogP contribution in [0, 0.1) is 32.1 Å². The summed E-state index contributed by atoms with van der Waals surface area (Å²) in [6.45, 7) is 6.12. The second-order valence-electron chi connectivity index (χ2n) is 7.11. The molecular formula is C24H19N3O2S. The van der Waals surface area contributed by atoms with E-state index < -0.39 is 5.63 Å². The van der Waals surface area contributed by atoms with Gasteiger partial charge in [-0.1, -0.05) is 35.9 Å². The number of thiazole rings is 1. The van der Waals surface area contributed by atoms with Gasteiger partial charge in [0.15, 0.2) is 0 Å². The van der Waals surface area contributed by atoms with Gasteiger partial charge in [0.1, 0.15) is 22.2 Å². The summed E-state index contributed by atoms with van der Waals surface area (Å²) in [5.41, 5.74) is 5.74. The Bertz CT molecular complexity index is 1370. The fourth-order valence-corrected chi connectivity index (χ4v) is 4.24. The quantitative estimate of drug-likeness (QED) is 0.337. The Balaban J connectivity index is 1.68. The van der Waals surface area contributed by atoms with Gasteiger partial charge >= 0.3 is 5.63 Å². The van der Waals surface area contributed by atoms with Crippen LogP contribution < -0.4 is 10.9 Å². The summed E-state index contributed by atoms with van der Waals surface area (Å²) >= 11 is 1.31. The summed E-state index contributed by atoms with van der Waals surface area (Å²) in [4.78, 5) is 16.9. The first kappa shape index (κ1) is 19.6. The number of hydrogen-bond acceptors (Lipinski definition) is 6. The average Bonchev–Trinajstić information content (AvgIpc) is 3.19. The van der Waals surface area contributed by atoms with Crippen molar-refractivity contribution in [3.8, 4) is 17.3 Å². The standard InChI is InChI=1S/C24H19N3O2S/c1-14-8-15(2)22(16(3)9-14)26-12-18(11-25)23-27-20(13-30-23)19-10-17-6-4-5-7-21(17)29-24(19)28/h4-10,12-13,26H,1-3H3/b18-12-. The molecule has 0 aliphatic heterocycles. The topological polar surface area (TPSA) is 78.9 Å². The zero-order chi connectivity index (χ0) is 21.3. The van der Waals surface area contributed by atoms with Crippen molar-refractivity contribution in [1.82, 2.24) is 4.98 Å². The first-order valence-corrected chi connectivity index (χ1v) is 10.3. The van der Waals surface area contributed by atoms with Gasteiger partial charge in [-0.25, -0.2) is 9.78 Å². The second kappa shape index (κ2) is 7.97. The van der Waals surface area contributed by atoms with E-state index in [2.05, 4.69) is 35.4 Å². The van der Waals surface area contributed by atoms with E-state index in [1.807, 2.05) is 32.0 Å². The van der Waals surface area contributed by atoms with Crippen LogP contribution in [0.25, 0.3) is 27.8 Å². The molecule has 0 spiro atoms. The maximum atomic E-state index is 12.4. The lowest BCUT2D eigenvalue weighted by molar-refractivity contribution is 0.563. The molecule has 0 saturated carbocycles. The first-order chi connectivity index (χ1) is 14.5. The van der Waals surface area contributed by atoms with Crippen LogP contribution in [0.3, 0.4) is 0 Å². The van der Waals surface area contributed by atoms with Gasteiger partial charge in [0.25, 0.3) is 0 Å². The fraction of sp³-hybridized carbons (Fsp3) is 0.125. The number of nitrogens with one attached hydrogen (secondary N) is 1. The summed E-state index contributed by atoms with van der Waals surface area (Å²) in [5, 5.41) is 16.0. The molecule has 1 N–H and O–H groups in total. The first-order valence-electron chi connectivity index (χ1n) is 9.40. The molecule has 30 heavy (non-hydrogen) atoms. The van der Waals surface area contributed by atoms with Crippen LogP contribution in [0.5, 0.6) is 0 Å². The maximum Gasteiger partial charge on any atom is 0.345 e. The highest BCUT2D eigenvalue weighted by Gasteiger charge is 2.14. The summed E-state index contributed by atoms with van der Waals surface area (Å²) in [6.07, 6.45) is 1.66. The van der Waals surface area contributed by atoms with Crippen LogP contribution >= 0.6 is 11.3 Å². The van der Waals surface area contributed by atoms with E-state index in [1.165, 1.54) is 16.9 Å². The van der Waals surface area contributed by atoms with Crippen molar-refractivity contribution in [2.75, 3.05) is 5.32 Å². The van der Waals surface area contributed by atoms with Gasteiger partial charge in [0.05, 0.1) is 11.3 Å². The van der Waals surface area contributed by atoms with E-state index in [0.717, 1.165) is 22.2 Å². The number of rotatable bonds is 4. The number of allylic oxidation sites excluding steroid dienone is 1. The smallest absolute Gasteiger partial charge is 0.345 e. The number of aromatic nitrogens is 1. The summed E-state index contributed by atoms with van der Waals surface area (Å²) in [5.74, 6) is 0. The van der Waals surface area contributed by atoms with Crippen molar-refractivity contribution in [1.29, 1.82) is 5.26 Å². The SMILES string of the molecule is Cc1cc(C)c(N/C=C(/C#N)c2nc(-c3cc4ccccc4oc3=O)cs2)c(C)c1. The lowest BCUT2D eigenvalue weighted by atomic mass is 10.1. The molecule has 2 aromatic heterocycles. The molecular weight excluding hydrogens is 394 g/mol. The normalized spacial score (nSPS) is 11.5. The van der Waals surface area contributed by atoms with Gasteiger partial charge < -0.3 is 9.73 Å². The minimum atomic E-state index is -0.447. The molecule has 0 saturated heterocycles. The molecule has 4 aromatic rings. The van der Waals surface area contributed by atoms with Gasteiger partial charge in [0.2, 0.25) is 0 Å². The molecule has 4 rings (SSSR count). The van der Waals surface area contributed by atoms with Crippen molar-refractivity contribution >= 4 is 33.6 Å². The highest BCUT2D eigenvalue weighted by atomic mass is 32.1. The molecule has 5 nitrogen and oxygen atoms in total. The lowest BCUT2D eigenvalue weighted by Gasteiger charge is -2.11. The van der Waals surface area contributed by atoms with E-state index in [9.17, 15) is 10.1 Å². The monoisotopic (exact) mass is 413 g/mol. The predicted octanol–water partition coefficient (Wildman–Crippen LogP) is 5.82. The zero-order valence-electron chi connectivity index (χ0n) is 16.8. The molecule has 0 aliphatic rings. The summed E-state index contributed by atoms with van der Waals surface area (Å²) in [6, 6.07) is 15.5. The summed E-state index contributed by atoms with van der Waals surface area (Å²) in [7, 11) is 0. The molecule has 0 radical (unpaired) electrons. The third kappa shape index (κ3) is 3.76. The van der Waals surface area contributed by atoms with E-state index in [-0.39, 0.29) is 0 Å². The second-order valence-corrected chi connectivity index (χ2v) is 7.97. The Hall–Kier alpha value is -3.69. The van der Waals surface area contributed by atoms with E-state index in [4.69, 9.17) is 4.42 Å². The summed E-state index contributed by atoms with van der Waals surface area (Å²) < 4.78 is 5.40. The largest absolute Gasteiger partial charge is 0.422 e. The van der Waals surface area contributed by atoms with Crippen LogP contribution in [-0.4, -0.2) is 4.98 Å². The predicted molar refractivity (Wildman–Crippen MR) is 121 cm³/mol. The van der Waals surface area contributed by atoms with Gasteiger partial charge in [-0.15, -0.1) is 11.3 Å². The number of fused-ring (bicyclic) bond motifs is 1. The Labute approximate surface area is 177 Å². The Kier molecular flexibility index (Phi) is 5.21. The maximum absolute atomic E-state index is 12.4. The third-order valence-electron chi connectivity index (χ3n) is 4.81. The molecule has 0 aliphatic carbocycles. The molecule has 2 heterocycles. The Morgan fingerprint density at radius 2 is 1.90 bits per heavy atom. The zero-order valence-corrected chi connectivity index (χ0v) is 17.6. The molecule has 0 unspecified atom stereocenters. The molecule has 6 heteroatoms.